The van der Waals surface area contributed by atoms with Gasteiger partial charge in [-0.25, -0.2) is 14.4 Å². The second kappa shape index (κ2) is 13.0. The van der Waals surface area contributed by atoms with E-state index in [1.165, 1.54) is 0 Å². The second-order valence-corrected chi connectivity index (χ2v) is 8.89. The van der Waals surface area contributed by atoms with Gasteiger partial charge in [0.05, 0.1) is 5.56 Å². The molecular formula is C23H28N2O12. The van der Waals surface area contributed by atoms with E-state index in [0.29, 0.717) is 0 Å². The Labute approximate surface area is 210 Å². The molecule has 2 atom stereocenters. The van der Waals surface area contributed by atoms with Gasteiger partial charge in [0, 0.05) is 24.0 Å². The van der Waals surface area contributed by atoms with Crippen LogP contribution in [0.2, 0.25) is 0 Å². The van der Waals surface area contributed by atoms with Gasteiger partial charge in [0.1, 0.15) is 17.7 Å². The van der Waals surface area contributed by atoms with Gasteiger partial charge in [0.2, 0.25) is 0 Å². The topological polar surface area (TPSA) is 234 Å². The minimum absolute atomic E-state index is 0.289. The molecule has 1 rings (SSSR count). The molecule has 1 aromatic carbocycles. The SMILES string of the molecule is CC(C)(C)OC(=O)c1cc(C(=O)N[C@@H](CCC(=O)O)C(=O)O)cc(C(=O)N[C@@H](CCC(=O)O)C(=O)O)c1. The van der Waals surface area contributed by atoms with Gasteiger partial charge < -0.3 is 35.8 Å². The highest BCUT2D eigenvalue weighted by atomic mass is 16.6. The number of hydrogen-bond acceptors (Lipinski definition) is 8. The molecule has 0 bridgehead atoms. The number of ether oxygens (including phenoxy) is 1. The Morgan fingerprint density at radius 1 is 0.703 bits per heavy atom. The molecule has 2 amide bonds. The van der Waals surface area contributed by atoms with Gasteiger partial charge in [-0.3, -0.25) is 19.2 Å². The Morgan fingerprint density at radius 3 is 1.35 bits per heavy atom. The van der Waals surface area contributed by atoms with Crippen LogP contribution in [-0.2, 0) is 23.9 Å². The molecule has 14 nitrogen and oxygen atoms in total. The fourth-order valence-corrected chi connectivity index (χ4v) is 2.88. The quantitative estimate of drug-likeness (QED) is 0.196. The van der Waals surface area contributed by atoms with Crippen molar-refractivity contribution in [1.29, 1.82) is 0 Å². The summed E-state index contributed by atoms with van der Waals surface area (Å²) in [6.07, 6.45) is -2.01. The van der Waals surface area contributed by atoms with E-state index in [4.69, 9.17) is 14.9 Å². The van der Waals surface area contributed by atoms with Crippen LogP contribution in [0.5, 0.6) is 0 Å². The number of benzene rings is 1. The number of amides is 2. The molecule has 0 aliphatic carbocycles. The van der Waals surface area contributed by atoms with Gasteiger partial charge in [-0.2, -0.15) is 0 Å². The first-order valence-corrected chi connectivity index (χ1v) is 10.9. The third-order valence-corrected chi connectivity index (χ3v) is 4.59. The molecule has 0 fully saturated rings. The Morgan fingerprint density at radius 2 is 1.05 bits per heavy atom. The third kappa shape index (κ3) is 10.8. The Kier molecular flexibility index (Phi) is 10.7. The summed E-state index contributed by atoms with van der Waals surface area (Å²) in [7, 11) is 0. The lowest BCUT2D eigenvalue weighted by Crippen LogP contribution is -2.42. The summed E-state index contributed by atoms with van der Waals surface area (Å²) in [6, 6.07) is -0.188. The van der Waals surface area contributed by atoms with Crippen LogP contribution < -0.4 is 10.6 Å². The lowest BCUT2D eigenvalue weighted by atomic mass is 10.0. The minimum Gasteiger partial charge on any atom is -0.481 e. The number of carboxylic acid groups (broad SMARTS) is 4. The van der Waals surface area contributed by atoms with Gasteiger partial charge in [-0.05, 0) is 51.8 Å². The van der Waals surface area contributed by atoms with Crippen LogP contribution >= 0.6 is 0 Å². The number of hydrogen-bond donors (Lipinski definition) is 6. The van der Waals surface area contributed by atoms with Gasteiger partial charge in [-0.1, -0.05) is 0 Å². The van der Waals surface area contributed by atoms with Crippen LogP contribution in [0.1, 0.15) is 77.5 Å². The lowest BCUT2D eigenvalue weighted by Gasteiger charge is -2.20. The minimum atomic E-state index is -1.60. The number of esters is 1. The Balaban J connectivity index is 3.38. The number of carbonyl (C=O) groups excluding carboxylic acids is 3. The number of nitrogens with one attached hydrogen (secondary N) is 2. The van der Waals surface area contributed by atoms with Gasteiger partial charge in [-0.15, -0.1) is 0 Å². The zero-order chi connectivity index (χ0) is 28.5. The molecule has 0 aromatic heterocycles. The standard InChI is InChI=1S/C23H28N2O12/c1-23(2,3)37-22(36)13-9-11(18(30)24-14(20(32)33)4-6-16(26)27)8-12(10-13)19(31)25-15(21(34)35)5-7-17(28)29/h8-10,14-15H,4-7H2,1-3H3,(H,24,30)(H,25,31)(H,26,27)(H,28,29)(H,32,33)(H,34,35)/t14-,15-/m0/s1. The largest absolute Gasteiger partial charge is 0.481 e. The molecule has 0 spiro atoms. The van der Waals surface area contributed by atoms with Crippen molar-refractivity contribution < 1.29 is 58.7 Å². The Hall–Kier alpha value is -4.49. The predicted octanol–water partition coefficient (Wildman–Crippen LogP) is 0.738. The fourth-order valence-electron chi connectivity index (χ4n) is 2.88. The molecule has 0 aliphatic heterocycles. The smallest absolute Gasteiger partial charge is 0.338 e. The normalized spacial score (nSPS) is 12.5. The fraction of sp³-hybridized carbons (Fsp3) is 0.435. The average molecular weight is 524 g/mol. The van der Waals surface area contributed by atoms with Gasteiger partial charge >= 0.3 is 29.8 Å². The molecule has 37 heavy (non-hydrogen) atoms. The molecular weight excluding hydrogens is 496 g/mol. The summed E-state index contributed by atoms with van der Waals surface area (Å²) in [5.74, 6) is -8.67. The summed E-state index contributed by atoms with van der Waals surface area (Å²) in [6.45, 7) is 4.69. The number of carboxylic acids is 4. The molecule has 0 heterocycles. The summed E-state index contributed by atoms with van der Waals surface area (Å²) in [5.41, 5.74) is -1.99. The first kappa shape index (κ1) is 30.5. The first-order valence-electron chi connectivity index (χ1n) is 10.9. The van der Waals surface area contributed by atoms with E-state index in [-0.39, 0.29) is 16.7 Å². The van der Waals surface area contributed by atoms with Gasteiger partial charge in [0.15, 0.2) is 0 Å². The maximum atomic E-state index is 12.8. The van der Waals surface area contributed by atoms with Crippen molar-refractivity contribution in [2.24, 2.45) is 0 Å². The van der Waals surface area contributed by atoms with Crippen LogP contribution in [0.3, 0.4) is 0 Å². The average Bonchev–Trinajstić information content (AvgIpc) is 2.76. The molecule has 14 heteroatoms. The number of rotatable bonds is 13. The van der Waals surface area contributed by atoms with Crippen molar-refractivity contribution in [1.82, 2.24) is 10.6 Å². The molecule has 0 aliphatic rings. The van der Waals surface area contributed by atoms with Gasteiger partial charge in [0.25, 0.3) is 11.8 Å². The first-order chi connectivity index (χ1) is 17.0. The van der Waals surface area contributed by atoms with E-state index in [0.717, 1.165) is 18.2 Å². The monoisotopic (exact) mass is 524 g/mol. The maximum Gasteiger partial charge on any atom is 0.338 e. The molecule has 0 saturated heterocycles. The number of aliphatic carboxylic acids is 4. The van der Waals surface area contributed by atoms with Crippen LogP contribution in [0.25, 0.3) is 0 Å². The van der Waals surface area contributed by atoms with Crippen molar-refractivity contribution in [3.05, 3.63) is 34.9 Å². The third-order valence-electron chi connectivity index (χ3n) is 4.59. The molecule has 0 radical (unpaired) electrons. The van der Waals surface area contributed by atoms with Crippen LogP contribution in [0.4, 0.5) is 0 Å². The van der Waals surface area contributed by atoms with Crippen molar-refractivity contribution in [3.63, 3.8) is 0 Å². The molecule has 1 aromatic rings. The van der Waals surface area contributed by atoms with E-state index >= 15 is 0 Å². The zero-order valence-electron chi connectivity index (χ0n) is 20.3. The number of carbonyl (C=O) groups is 7. The van der Waals surface area contributed by atoms with Crippen molar-refractivity contribution in [3.8, 4) is 0 Å². The molecule has 202 valence electrons. The van der Waals surface area contributed by atoms with Crippen LogP contribution in [0.15, 0.2) is 18.2 Å². The highest BCUT2D eigenvalue weighted by molar-refractivity contribution is 6.04. The second-order valence-electron chi connectivity index (χ2n) is 8.89. The van der Waals surface area contributed by atoms with E-state index in [9.17, 15) is 43.8 Å². The maximum absolute atomic E-state index is 12.8. The van der Waals surface area contributed by atoms with Crippen LogP contribution in [0, 0.1) is 0 Å². The highest BCUT2D eigenvalue weighted by Crippen LogP contribution is 2.17. The summed E-state index contributed by atoms with van der Waals surface area (Å²) in [5, 5.41) is 40.4. The molecule has 6 N–H and O–H groups in total. The zero-order valence-corrected chi connectivity index (χ0v) is 20.3. The van der Waals surface area contributed by atoms with Crippen molar-refractivity contribution in [2.75, 3.05) is 0 Å². The van der Waals surface area contributed by atoms with Crippen LogP contribution in [-0.4, -0.2) is 79.8 Å². The molecule has 0 saturated carbocycles. The molecule has 0 unspecified atom stereocenters. The van der Waals surface area contributed by atoms with E-state index in [1.54, 1.807) is 20.8 Å². The van der Waals surface area contributed by atoms with Crippen molar-refractivity contribution >= 4 is 41.7 Å². The summed E-state index contributed by atoms with van der Waals surface area (Å²) in [4.78, 5) is 82.6. The van der Waals surface area contributed by atoms with E-state index < -0.39 is 85.0 Å². The Bertz CT molecular complexity index is 1020. The summed E-state index contributed by atoms with van der Waals surface area (Å²) >= 11 is 0. The van der Waals surface area contributed by atoms with Crippen molar-refractivity contribution in [2.45, 2.75) is 64.1 Å². The van der Waals surface area contributed by atoms with E-state index in [1.807, 2.05) is 0 Å². The predicted molar refractivity (Wildman–Crippen MR) is 123 cm³/mol. The highest BCUT2D eigenvalue weighted by Gasteiger charge is 2.27. The lowest BCUT2D eigenvalue weighted by molar-refractivity contribution is -0.142. The van der Waals surface area contributed by atoms with E-state index in [2.05, 4.69) is 10.6 Å². The summed E-state index contributed by atoms with van der Waals surface area (Å²) < 4.78 is 5.24.